The van der Waals surface area contributed by atoms with Crippen molar-refractivity contribution in [2.24, 2.45) is 10.9 Å². The molecule has 2 unspecified atom stereocenters. The van der Waals surface area contributed by atoms with Crippen LogP contribution in [0.2, 0.25) is 0 Å². The summed E-state index contributed by atoms with van der Waals surface area (Å²) < 4.78 is 0. The fourth-order valence-electron chi connectivity index (χ4n) is 2.08. The van der Waals surface area contributed by atoms with Crippen LogP contribution in [0.4, 0.5) is 0 Å². The minimum absolute atomic E-state index is 0.518. The average Bonchev–Trinajstić information content (AvgIpc) is 2.49. The molecule has 2 nitrogen and oxygen atoms in total. The van der Waals surface area contributed by atoms with E-state index < -0.39 is 0 Å². The van der Waals surface area contributed by atoms with Crippen LogP contribution < -0.4 is 5.32 Å². The molecule has 2 aliphatic rings. The normalized spacial score (nSPS) is 33.0. The van der Waals surface area contributed by atoms with Gasteiger partial charge in [0.2, 0.25) is 0 Å². The lowest BCUT2D eigenvalue weighted by Crippen LogP contribution is -2.33. The van der Waals surface area contributed by atoms with Gasteiger partial charge in [0.05, 0.1) is 6.04 Å². The zero-order valence-electron chi connectivity index (χ0n) is 8.42. The summed E-state index contributed by atoms with van der Waals surface area (Å²) in [6.07, 6.45) is 4.10. The standard InChI is InChI=1S/C10H18N2S/c1-7(2)11-10-12-9-5-3-4-8(9)6-13-10/h7-9H,3-6H2,1-2H3,(H,11,12). The second kappa shape index (κ2) is 3.91. The van der Waals surface area contributed by atoms with Gasteiger partial charge in [-0.3, -0.25) is 4.99 Å². The molecule has 1 fully saturated rings. The first-order valence-electron chi connectivity index (χ1n) is 5.23. The molecular formula is C10H18N2S. The highest BCUT2D eigenvalue weighted by atomic mass is 32.2. The van der Waals surface area contributed by atoms with Crippen LogP contribution in [0.25, 0.3) is 0 Å². The Kier molecular flexibility index (Phi) is 2.82. The molecule has 2 atom stereocenters. The molecule has 0 amide bonds. The maximum absolute atomic E-state index is 4.75. The number of hydrogen-bond donors (Lipinski definition) is 1. The van der Waals surface area contributed by atoms with E-state index in [9.17, 15) is 0 Å². The SMILES string of the molecule is CC(C)NC1=NC2CCCC2CS1. The zero-order valence-corrected chi connectivity index (χ0v) is 9.23. The van der Waals surface area contributed by atoms with Crippen molar-refractivity contribution < 1.29 is 0 Å². The molecule has 13 heavy (non-hydrogen) atoms. The first kappa shape index (κ1) is 9.38. The summed E-state index contributed by atoms with van der Waals surface area (Å²) in [5.41, 5.74) is 0. The molecule has 1 N–H and O–H groups in total. The highest BCUT2D eigenvalue weighted by Crippen LogP contribution is 2.34. The Morgan fingerprint density at radius 2 is 2.31 bits per heavy atom. The fourth-order valence-corrected chi connectivity index (χ4v) is 3.37. The molecule has 1 aliphatic carbocycles. The minimum atomic E-state index is 0.518. The third kappa shape index (κ3) is 2.19. The van der Waals surface area contributed by atoms with E-state index in [4.69, 9.17) is 4.99 Å². The van der Waals surface area contributed by atoms with Crippen molar-refractivity contribution in [1.82, 2.24) is 5.32 Å². The predicted molar refractivity (Wildman–Crippen MR) is 59.3 cm³/mol. The van der Waals surface area contributed by atoms with Crippen LogP contribution in [0, 0.1) is 5.92 Å². The Hall–Kier alpha value is -0.180. The summed E-state index contributed by atoms with van der Waals surface area (Å²) in [6, 6.07) is 1.16. The second-order valence-electron chi connectivity index (χ2n) is 4.30. The average molecular weight is 198 g/mol. The highest BCUT2D eigenvalue weighted by Gasteiger charge is 2.30. The molecule has 1 saturated carbocycles. The van der Waals surface area contributed by atoms with Crippen LogP contribution in [0.15, 0.2) is 4.99 Å². The zero-order chi connectivity index (χ0) is 9.26. The van der Waals surface area contributed by atoms with E-state index in [1.807, 2.05) is 11.8 Å². The molecule has 0 aromatic rings. The van der Waals surface area contributed by atoms with Crippen molar-refractivity contribution >= 4 is 16.9 Å². The second-order valence-corrected chi connectivity index (χ2v) is 5.31. The maximum Gasteiger partial charge on any atom is 0.157 e. The third-order valence-corrected chi connectivity index (χ3v) is 3.84. The van der Waals surface area contributed by atoms with E-state index in [0.717, 1.165) is 5.92 Å². The number of rotatable bonds is 1. The lowest BCUT2D eigenvalue weighted by Gasteiger charge is -2.24. The Balaban J connectivity index is 1.98. The van der Waals surface area contributed by atoms with Gasteiger partial charge in [-0.1, -0.05) is 18.2 Å². The fraction of sp³-hybridized carbons (Fsp3) is 0.900. The largest absolute Gasteiger partial charge is 0.363 e. The van der Waals surface area contributed by atoms with Gasteiger partial charge in [0.25, 0.3) is 0 Å². The lowest BCUT2D eigenvalue weighted by atomic mass is 10.1. The van der Waals surface area contributed by atoms with Gasteiger partial charge in [0, 0.05) is 11.8 Å². The molecule has 0 bridgehead atoms. The van der Waals surface area contributed by atoms with Crippen molar-refractivity contribution in [3.05, 3.63) is 0 Å². The van der Waals surface area contributed by atoms with Gasteiger partial charge < -0.3 is 5.32 Å². The molecule has 2 rings (SSSR count). The van der Waals surface area contributed by atoms with Crippen molar-refractivity contribution in [3.63, 3.8) is 0 Å². The molecule has 1 heterocycles. The number of nitrogens with one attached hydrogen (secondary N) is 1. The van der Waals surface area contributed by atoms with Gasteiger partial charge in [0.1, 0.15) is 0 Å². The summed E-state index contributed by atoms with van der Waals surface area (Å²) in [5.74, 6) is 2.16. The van der Waals surface area contributed by atoms with Crippen molar-refractivity contribution in [2.75, 3.05) is 5.75 Å². The van der Waals surface area contributed by atoms with E-state index in [0.29, 0.717) is 12.1 Å². The van der Waals surface area contributed by atoms with Gasteiger partial charge in [-0.25, -0.2) is 0 Å². The molecule has 74 valence electrons. The van der Waals surface area contributed by atoms with Crippen LogP contribution in [-0.4, -0.2) is 23.0 Å². The van der Waals surface area contributed by atoms with Crippen LogP contribution in [-0.2, 0) is 0 Å². The summed E-state index contributed by atoms with van der Waals surface area (Å²) in [5, 5.41) is 4.59. The van der Waals surface area contributed by atoms with Crippen LogP contribution in [0.5, 0.6) is 0 Å². The number of nitrogens with zero attached hydrogens (tertiary/aromatic N) is 1. The number of hydrogen-bond acceptors (Lipinski definition) is 3. The van der Waals surface area contributed by atoms with E-state index in [-0.39, 0.29) is 0 Å². The number of amidine groups is 1. The van der Waals surface area contributed by atoms with Gasteiger partial charge in [-0.05, 0) is 32.6 Å². The molecule has 0 radical (unpaired) electrons. The van der Waals surface area contributed by atoms with E-state index in [1.165, 1.54) is 30.2 Å². The molecule has 1 aliphatic heterocycles. The van der Waals surface area contributed by atoms with Gasteiger partial charge in [-0.2, -0.15) is 0 Å². The summed E-state index contributed by atoms with van der Waals surface area (Å²) in [4.78, 5) is 4.75. The molecule has 0 aromatic carbocycles. The Morgan fingerprint density at radius 3 is 3.08 bits per heavy atom. The number of fused-ring (bicyclic) bond motifs is 1. The molecule has 0 aromatic heterocycles. The van der Waals surface area contributed by atoms with Gasteiger partial charge >= 0.3 is 0 Å². The monoisotopic (exact) mass is 198 g/mol. The van der Waals surface area contributed by atoms with E-state index >= 15 is 0 Å². The molecule has 0 saturated heterocycles. The molecule has 3 heteroatoms. The quantitative estimate of drug-likeness (QED) is 0.699. The molecular weight excluding hydrogens is 180 g/mol. The summed E-state index contributed by atoms with van der Waals surface area (Å²) >= 11 is 1.91. The number of thioether (sulfide) groups is 1. The highest BCUT2D eigenvalue weighted by molar-refractivity contribution is 8.13. The van der Waals surface area contributed by atoms with Crippen LogP contribution in [0.3, 0.4) is 0 Å². The van der Waals surface area contributed by atoms with Gasteiger partial charge in [-0.15, -0.1) is 0 Å². The Morgan fingerprint density at radius 1 is 1.46 bits per heavy atom. The lowest BCUT2D eigenvalue weighted by molar-refractivity contribution is 0.531. The number of aliphatic imine (C=N–C) groups is 1. The minimum Gasteiger partial charge on any atom is -0.363 e. The van der Waals surface area contributed by atoms with Crippen LogP contribution in [0.1, 0.15) is 33.1 Å². The topological polar surface area (TPSA) is 24.4 Å². The van der Waals surface area contributed by atoms with Crippen molar-refractivity contribution in [2.45, 2.75) is 45.2 Å². The summed E-state index contributed by atoms with van der Waals surface area (Å²) in [6.45, 7) is 4.34. The first-order valence-corrected chi connectivity index (χ1v) is 6.21. The maximum atomic E-state index is 4.75. The molecule has 0 spiro atoms. The van der Waals surface area contributed by atoms with Crippen molar-refractivity contribution in [1.29, 1.82) is 0 Å². The smallest absolute Gasteiger partial charge is 0.157 e. The predicted octanol–water partition coefficient (Wildman–Crippen LogP) is 2.26. The van der Waals surface area contributed by atoms with E-state index in [2.05, 4.69) is 19.2 Å². The van der Waals surface area contributed by atoms with E-state index in [1.54, 1.807) is 0 Å². The summed E-state index contributed by atoms with van der Waals surface area (Å²) in [7, 11) is 0. The Bertz CT molecular complexity index is 213. The third-order valence-electron chi connectivity index (χ3n) is 2.75. The first-order chi connectivity index (χ1) is 6.25. The Labute approximate surface area is 84.6 Å². The van der Waals surface area contributed by atoms with Crippen molar-refractivity contribution in [3.8, 4) is 0 Å². The van der Waals surface area contributed by atoms with Crippen LogP contribution >= 0.6 is 11.8 Å². The van der Waals surface area contributed by atoms with Gasteiger partial charge in [0.15, 0.2) is 5.17 Å².